The minimum atomic E-state index is 0.194. The highest BCUT2D eigenvalue weighted by molar-refractivity contribution is 5.83. The molecule has 0 fully saturated rings. The lowest BCUT2D eigenvalue weighted by molar-refractivity contribution is 0.379. The Morgan fingerprint density at radius 1 is 0.850 bits per heavy atom. The van der Waals surface area contributed by atoms with Crippen molar-refractivity contribution in [2.24, 2.45) is 0 Å². The van der Waals surface area contributed by atoms with Crippen molar-refractivity contribution in [3.8, 4) is 0 Å². The fourth-order valence-electron chi connectivity index (χ4n) is 2.50. The molecule has 0 atom stereocenters. The van der Waals surface area contributed by atoms with Crippen LogP contribution in [0.3, 0.4) is 0 Å². The van der Waals surface area contributed by atoms with Gasteiger partial charge in [0, 0.05) is 5.54 Å². The van der Waals surface area contributed by atoms with Gasteiger partial charge in [0.25, 0.3) is 0 Å². The molecule has 20 heavy (non-hydrogen) atoms. The van der Waals surface area contributed by atoms with Crippen molar-refractivity contribution in [1.82, 2.24) is 5.32 Å². The van der Waals surface area contributed by atoms with Crippen LogP contribution in [0.4, 0.5) is 0 Å². The van der Waals surface area contributed by atoms with Crippen molar-refractivity contribution in [2.45, 2.75) is 52.0 Å². The summed E-state index contributed by atoms with van der Waals surface area (Å²) in [6, 6.07) is 15.4. The molecule has 1 N–H and O–H groups in total. The van der Waals surface area contributed by atoms with Gasteiger partial charge in [-0.3, -0.25) is 0 Å². The van der Waals surface area contributed by atoms with E-state index < -0.39 is 0 Å². The molecular weight excluding hydrogens is 242 g/mol. The molecule has 0 saturated heterocycles. The van der Waals surface area contributed by atoms with Crippen molar-refractivity contribution < 1.29 is 0 Å². The topological polar surface area (TPSA) is 12.0 Å². The van der Waals surface area contributed by atoms with Gasteiger partial charge in [0.15, 0.2) is 0 Å². The summed E-state index contributed by atoms with van der Waals surface area (Å²) in [7, 11) is 0. The predicted octanol–water partition coefficient (Wildman–Crippen LogP) is 4.90. The Morgan fingerprint density at radius 3 is 2.15 bits per heavy atom. The second-order valence-electron chi connectivity index (χ2n) is 7.37. The monoisotopic (exact) mass is 269 g/mol. The molecule has 1 heteroatoms. The second-order valence-corrected chi connectivity index (χ2v) is 7.37. The maximum Gasteiger partial charge on any atom is 0.00965 e. The molecule has 1 nitrogen and oxygen atoms in total. The first-order chi connectivity index (χ1) is 9.28. The standard InChI is InChI=1S/C19H27N/c1-18(2,3)20-13-12-19(4,5)17-11-10-15-8-6-7-9-16(15)14-17/h6-11,14,20H,12-13H2,1-5H3. The van der Waals surface area contributed by atoms with Gasteiger partial charge in [-0.2, -0.15) is 0 Å². The summed E-state index contributed by atoms with van der Waals surface area (Å²) in [5.41, 5.74) is 1.81. The smallest absolute Gasteiger partial charge is 0.00965 e. The van der Waals surface area contributed by atoms with E-state index >= 15 is 0 Å². The molecule has 0 unspecified atom stereocenters. The van der Waals surface area contributed by atoms with Crippen LogP contribution in [0.1, 0.15) is 46.6 Å². The van der Waals surface area contributed by atoms with E-state index in [9.17, 15) is 0 Å². The molecule has 2 aromatic rings. The lowest BCUT2D eigenvalue weighted by Gasteiger charge is -2.28. The van der Waals surface area contributed by atoms with Crippen molar-refractivity contribution in [1.29, 1.82) is 0 Å². The zero-order valence-corrected chi connectivity index (χ0v) is 13.5. The highest BCUT2D eigenvalue weighted by atomic mass is 14.9. The molecule has 0 amide bonds. The molecular formula is C19H27N. The third kappa shape index (κ3) is 3.83. The van der Waals surface area contributed by atoms with E-state index in [0.29, 0.717) is 0 Å². The summed E-state index contributed by atoms with van der Waals surface area (Å²) in [6.45, 7) is 12.4. The van der Waals surface area contributed by atoms with Gasteiger partial charge >= 0.3 is 0 Å². The number of hydrogen-bond donors (Lipinski definition) is 1. The third-order valence-corrected chi connectivity index (χ3v) is 3.94. The van der Waals surface area contributed by atoms with Crippen LogP contribution in [0.5, 0.6) is 0 Å². The zero-order chi connectivity index (χ0) is 14.8. The first-order valence-corrected chi connectivity index (χ1v) is 7.52. The Morgan fingerprint density at radius 2 is 1.50 bits per heavy atom. The number of fused-ring (bicyclic) bond motifs is 1. The summed E-state index contributed by atoms with van der Waals surface area (Å²) >= 11 is 0. The van der Waals surface area contributed by atoms with Gasteiger partial charge in [0.2, 0.25) is 0 Å². The molecule has 0 spiro atoms. The summed E-state index contributed by atoms with van der Waals surface area (Å²) in [6.07, 6.45) is 1.14. The van der Waals surface area contributed by atoms with Gasteiger partial charge in [0.05, 0.1) is 0 Å². The Bertz CT molecular complexity index is 576. The average molecular weight is 269 g/mol. The molecule has 0 aliphatic heterocycles. The molecule has 2 rings (SSSR count). The third-order valence-electron chi connectivity index (χ3n) is 3.94. The van der Waals surface area contributed by atoms with Crippen LogP contribution in [0.2, 0.25) is 0 Å². The van der Waals surface area contributed by atoms with E-state index in [1.807, 2.05) is 0 Å². The lowest BCUT2D eigenvalue weighted by atomic mass is 9.80. The van der Waals surface area contributed by atoms with E-state index in [1.165, 1.54) is 16.3 Å². The van der Waals surface area contributed by atoms with Crippen molar-refractivity contribution in [3.63, 3.8) is 0 Å². The number of hydrogen-bond acceptors (Lipinski definition) is 1. The first kappa shape index (κ1) is 15.1. The average Bonchev–Trinajstić information content (AvgIpc) is 2.36. The van der Waals surface area contributed by atoms with Gasteiger partial charge in [-0.05, 0) is 55.5 Å². The van der Waals surface area contributed by atoms with Crippen LogP contribution in [0.15, 0.2) is 42.5 Å². The van der Waals surface area contributed by atoms with Crippen molar-refractivity contribution >= 4 is 10.8 Å². The van der Waals surface area contributed by atoms with Gasteiger partial charge < -0.3 is 5.32 Å². The predicted molar refractivity (Wildman–Crippen MR) is 89.3 cm³/mol. The van der Waals surface area contributed by atoms with Crippen molar-refractivity contribution in [2.75, 3.05) is 6.54 Å². The molecule has 2 aromatic carbocycles. The molecule has 0 aliphatic carbocycles. The number of benzene rings is 2. The number of nitrogens with one attached hydrogen (secondary N) is 1. The summed E-state index contributed by atoms with van der Waals surface area (Å²) in [4.78, 5) is 0. The van der Waals surface area contributed by atoms with Crippen LogP contribution in [-0.2, 0) is 5.41 Å². The Hall–Kier alpha value is -1.34. The van der Waals surface area contributed by atoms with E-state index in [-0.39, 0.29) is 11.0 Å². The maximum absolute atomic E-state index is 3.58. The van der Waals surface area contributed by atoms with Crippen LogP contribution in [0, 0.1) is 0 Å². The van der Waals surface area contributed by atoms with Crippen molar-refractivity contribution in [3.05, 3.63) is 48.0 Å². The van der Waals surface area contributed by atoms with Crippen LogP contribution >= 0.6 is 0 Å². The molecule has 0 aromatic heterocycles. The van der Waals surface area contributed by atoms with Gasteiger partial charge in [-0.15, -0.1) is 0 Å². The Balaban J connectivity index is 2.14. The first-order valence-electron chi connectivity index (χ1n) is 7.52. The molecule has 0 radical (unpaired) electrons. The molecule has 108 valence electrons. The van der Waals surface area contributed by atoms with E-state index in [2.05, 4.69) is 82.4 Å². The summed E-state index contributed by atoms with van der Waals surface area (Å²) < 4.78 is 0. The van der Waals surface area contributed by atoms with Gasteiger partial charge in [-0.1, -0.05) is 56.3 Å². The minimum Gasteiger partial charge on any atom is -0.312 e. The molecule has 0 saturated carbocycles. The second kappa shape index (κ2) is 5.57. The highest BCUT2D eigenvalue weighted by Gasteiger charge is 2.21. The minimum absolute atomic E-state index is 0.194. The van der Waals surface area contributed by atoms with E-state index in [4.69, 9.17) is 0 Å². The Labute approximate surface area is 123 Å². The Kier molecular flexibility index (Phi) is 4.19. The molecule has 0 heterocycles. The SMILES string of the molecule is CC(C)(C)NCCC(C)(C)c1ccc2ccccc2c1. The fraction of sp³-hybridized carbons (Fsp3) is 0.474. The normalized spacial score (nSPS) is 12.8. The fourth-order valence-corrected chi connectivity index (χ4v) is 2.50. The quantitative estimate of drug-likeness (QED) is 0.832. The van der Waals surface area contributed by atoms with Crippen LogP contribution in [-0.4, -0.2) is 12.1 Å². The largest absolute Gasteiger partial charge is 0.312 e. The number of rotatable bonds is 4. The van der Waals surface area contributed by atoms with Crippen LogP contribution in [0.25, 0.3) is 10.8 Å². The lowest BCUT2D eigenvalue weighted by Crippen LogP contribution is -2.38. The van der Waals surface area contributed by atoms with Crippen LogP contribution < -0.4 is 5.32 Å². The van der Waals surface area contributed by atoms with E-state index in [1.54, 1.807) is 0 Å². The summed E-state index contributed by atoms with van der Waals surface area (Å²) in [5, 5.41) is 6.24. The molecule has 0 aliphatic rings. The zero-order valence-electron chi connectivity index (χ0n) is 13.5. The highest BCUT2D eigenvalue weighted by Crippen LogP contribution is 2.29. The maximum atomic E-state index is 3.58. The van der Waals surface area contributed by atoms with Gasteiger partial charge in [0.1, 0.15) is 0 Å². The van der Waals surface area contributed by atoms with Gasteiger partial charge in [-0.25, -0.2) is 0 Å². The van der Waals surface area contributed by atoms with E-state index in [0.717, 1.165) is 13.0 Å². The summed E-state index contributed by atoms with van der Waals surface area (Å²) in [5.74, 6) is 0. The molecule has 0 bridgehead atoms.